The van der Waals surface area contributed by atoms with E-state index in [9.17, 15) is 13.2 Å². The van der Waals surface area contributed by atoms with Crippen LogP contribution in [0.4, 0.5) is 0 Å². The summed E-state index contributed by atoms with van der Waals surface area (Å²) in [5.41, 5.74) is 2.23. The summed E-state index contributed by atoms with van der Waals surface area (Å²) >= 11 is 0. The number of benzene rings is 1. The normalized spacial score (nSPS) is 11.5. The average Bonchev–Trinajstić information content (AvgIpc) is 2.08. The molecule has 1 aromatic rings. The minimum absolute atomic E-state index is 0.0272. The molecular weight excluding hydrogens is 242 g/mol. The number of carbonyl (C=O) groups is 1. The van der Waals surface area contributed by atoms with Gasteiger partial charge < -0.3 is 5.11 Å². The summed E-state index contributed by atoms with van der Waals surface area (Å²) in [6.45, 7) is 4.98. The highest BCUT2D eigenvalue weighted by Gasteiger charge is 2.20. The lowest BCUT2D eigenvalue weighted by molar-refractivity contribution is -0.136. The van der Waals surface area contributed by atoms with Crippen LogP contribution >= 0.6 is 0 Å². The van der Waals surface area contributed by atoms with Crippen LogP contribution in [-0.4, -0.2) is 19.5 Å². The van der Waals surface area contributed by atoms with E-state index in [1.165, 1.54) is 0 Å². The van der Waals surface area contributed by atoms with Gasteiger partial charge in [-0.15, -0.1) is 0 Å². The molecule has 0 amide bonds. The van der Waals surface area contributed by atoms with Gasteiger partial charge in [-0.05, 0) is 43.0 Å². The molecule has 0 aliphatic rings. The zero-order chi connectivity index (χ0) is 13.4. The minimum Gasteiger partial charge on any atom is -0.481 e. The van der Waals surface area contributed by atoms with Crippen molar-refractivity contribution >= 4 is 16.0 Å². The van der Waals surface area contributed by atoms with Gasteiger partial charge in [-0.1, -0.05) is 6.07 Å². The van der Waals surface area contributed by atoms with Gasteiger partial charge in [0, 0.05) is 0 Å². The molecule has 0 saturated carbocycles. The number of nitrogens with two attached hydrogens (primary N) is 1. The van der Waals surface area contributed by atoms with Gasteiger partial charge in [-0.25, -0.2) is 13.6 Å². The van der Waals surface area contributed by atoms with E-state index >= 15 is 0 Å². The second-order valence-corrected chi connectivity index (χ2v) is 5.56. The van der Waals surface area contributed by atoms with Gasteiger partial charge >= 0.3 is 5.97 Å². The molecular formula is C11H15NO4S. The molecule has 3 N–H and O–H groups in total. The predicted molar refractivity (Wildman–Crippen MR) is 63.4 cm³/mol. The van der Waals surface area contributed by atoms with Crippen LogP contribution < -0.4 is 5.14 Å². The third-order valence-corrected chi connectivity index (χ3v) is 3.87. The first-order chi connectivity index (χ1) is 7.64. The number of primary sulfonamides is 1. The van der Waals surface area contributed by atoms with Crippen LogP contribution in [0.5, 0.6) is 0 Å². The van der Waals surface area contributed by atoms with Gasteiger partial charge in [-0.2, -0.15) is 0 Å². The Balaban J connectivity index is 3.60. The van der Waals surface area contributed by atoms with Gasteiger partial charge in [0.05, 0.1) is 11.3 Å². The standard InChI is InChI=1S/C11H15NO4S/c1-6-4-7(2)11(17(12,15)16)8(3)9(6)5-10(13)14/h4H,5H2,1-3H3,(H,13,14)(H2,12,15,16). The molecule has 6 heteroatoms. The molecule has 94 valence electrons. The maximum absolute atomic E-state index is 11.5. The van der Waals surface area contributed by atoms with E-state index in [4.69, 9.17) is 10.2 Å². The quantitative estimate of drug-likeness (QED) is 0.840. The summed E-state index contributed by atoms with van der Waals surface area (Å²) in [5, 5.41) is 13.9. The highest BCUT2D eigenvalue weighted by molar-refractivity contribution is 7.89. The van der Waals surface area contributed by atoms with Crippen LogP contribution in [0.3, 0.4) is 0 Å². The monoisotopic (exact) mass is 257 g/mol. The van der Waals surface area contributed by atoms with Crippen LogP contribution in [0.2, 0.25) is 0 Å². The van der Waals surface area contributed by atoms with Crippen molar-refractivity contribution in [2.24, 2.45) is 5.14 Å². The predicted octanol–water partition coefficient (Wildman–Crippen LogP) is 0.886. The molecule has 0 radical (unpaired) electrons. The number of hydrogen-bond donors (Lipinski definition) is 2. The van der Waals surface area contributed by atoms with Crippen molar-refractivity contribution in [1.29, 1.82) is 0 Å². The number of aryl methyl sites for hydroxylation is 2. The first-order valence-electron chi connectivity index (χ1n) is 4.99. The third-order valence-electron chi connectivity index (χ3n) is 2.67. The SMILES string of the molecule is Cc1cc(C)c(S(N)(=O)=O)c(C)c1CC(=O)O. The molecule has 5 nitrogen and oxygen atoms in total. The lowest BCUT2D eigenvalue weighted by atomic mass is 9.97. The molecule has 0 heterocycles. The van der Waals surface area contributed by atoms with Crippen LogP contribution in [0.25, 0.3) is 0 Å². The van der Waals surface area contributed by atoms with Gasteiger partial charge in [0.2, 0.25) is 10.0 Å². The van der Waals surface area contributed by atoms with E-state index in [-0.39, 0.29) is 11.3 Å². The number of sulfonamides is 1. The van der Waals surface area contributed by atoms with Crippen molar-refractivity contribution in [3.05, 3.63) is 28.3 Å². The van der Waals surface area contributed by atoms with E-state index in [1.807, 2.05) is 0 Å². The first-order valence-corrected chi connectivity index (χ1v) is 6.53. The minimum atomic E-state index is -3.83. The van der Waals surface area contributed by atoms with Gasteiger partial charge in [0.1, 0.15) is 0 Å². The number of rotatable bonds is 3. The fourth-order valence-corrected chi connectivity index (χ4v) is 3.12. The molecule has 0 fully saturated rings. The Hall–Kier alpha value is -1.40. The van der Waals surface area contributed by atoms with Crippen molar-refractivity contribution in [2.75, 3.05) is 0 Å². The average molecular weight is 257 g/mol. The lowest BCUT2D eigenvalue weighted by Gasteiger charge is -2.14. The van der Waals surface area contributed by atoms with Crippen molar-refractivity contribution in [2.45, 2.75) is 32.1 Å². The molecule has 0 saturated heterocycles. The Morgan fingerprint density at radius 1 is 1.29 bits per heavy atom. The zero-order valence-corrected chi connectivity index (χ0v) is 10.8. The van der Waals surface area contributed by atoms with E-state index in [2.05, 4.69) is 0 Å². The molecule has 17 heavy (non-hydrogen) atoms. The molecule has 0 bridgehead atoms. The highest BCUT2D eigenvalue weighted by atomic mass is 32.2. The maximum atomic E-state index is 11.5. The molecule has 0 aliphatic heterocycles. The Bertz CT molecular complexity index is 576. The summed E-state index contributed by atoms with van der Waals surface area (Å²) in [5.74, 6) is -1.000. The van der Waals surface area contributed by atoms with E-state index in [0.29, 0.717) is 16.7 Å². The fourth-order valence-electron chi connectivity index (χ4n) is 2.07. The van der Waals surface area contributed by atoms with Crippen LogP contribution in [-0.2, 0) is 21.2 Å². The van der Waals surface area contributed by atoms with Crippen LogP contribution in [0.1, 0.15) is 22.3 Å². The Morgan fingerprint density at radius 3 is 2.24 bits per heavy atom. The highest BCUT2D eigenvalue weighted by Crippen LogP contribution is 2.25. The number of carboxylic acids is 1. The van der Waals surface area contributed by atoms with Gasteiger partial charge in [-0.3, -0.25) is 4.79 Å². The summed E-state index contributed by atoms with van der Waals surface area (Å²) in [6, 6.07) is 1.64. The zero-order valence-electron chi connectivity index (χ0n) is 9.94. The number of hydrogen-bond acceptors (Lipinski definition) is 3. The van der Waals surface area contributed by atoms with E-state index in [0.717, 1.165) is 5.56 Å². The van der Waals surface area contributed by atoms with Crippen molar-refractivity contribution in [3.63, 3.8) is 0 Å². The molecule has 1 aromatic carbocycles. The van der Waals surface area contributed by atoms with Crippen molar-refractivity contribution < 1.29 is 18.3 Å². The maximum Gasteiger partial charge on any atom is 0.307 e. The Labute approximate surface area is 100 Å². The van der Waals surface area contributed by atoms with E-state index < -0.39 is 16.0 Å². The first kappa shape index (κ1) is 13.7. The molecule has 0 aliphatic carbocycles. The van der Waals surface area contributed by atoms with Crippen LogP contribution in [0, 0.1) is 20.8 Å². The summed E-state index contributed by atoms with van der Waals surface area (Å²) in [7, 11) is -3.83. The van der Waals surface area contributed by atoms with Gasteiger partial charge in [0.15, 0.2) is 0 Å². The lowest BCUT2D eigenvalue weighted by Crippen LogP contribution is -2.17. The summed E-state index contributed by atoms with van der Waals surface area (Å²) in [4.78, 5) is 10.8. The largest absolute Gasteiger partial charge is 0.481 e. The molecule has 1 rings (SSSR count). The Morgan fingerprint density at radius 2 is 1.82 bits per heavy atom. The molecule has 0 spiro atoms. The second-order valence-electron chi connectivity index (χ2n) is 4.06. The molecule has 0 unspecified atom stereocenters. The van der Waals surface area contributed by atoms with Crippen molar-refractivity contribution in [3.8, 4) is 0 Å². The van der Waals surface area contributed by atoms with E-state index in [1.54, 1.807) is 26.8 Å². The second kappa shape index (κ2) is 4.46. The van der Waals surface area contributed by atoms with Crippen LogP contribution in [0.15, 0.2) is 11.0 Å². The fraction of sp³-hybridized carbons (Fsp3) is 0.364. The summed E-state index contributed by atoms with van der Waals surface area (Å²) in [6.07, 6.45) is -0.208. The Kier molecular flexibility index (Phi) is 3.59. The van der Waals surface area contributed by atoms with Crippen molar-refractivity contribution in [1.82, 2.24) is 0 Å². The molecule has 0 aromatic heterocycles. The van der Waals surface area contributed by atoms with Gasteiger partial charge in [0.25, 0.3) is 0 Å². The topological polar surface area (TPSA) is 97.5 Å². The number of carboxylic acid groups (broad SMARTS) is 1. The third kappa shape index (κ3) is 2.83. The molecule has 0 atom stereocenters. The smallest absolute Gasteiger partial charge is 0.307 e. The summed E-state index contributed by atoms with van der Waals surface area (Å²) < 4.78 is 22.9. The number of aliphatic carboxylic acids is 1.